The number of rotatable bonds is 10. The lowest BCUT2D eigenvalue weighted by atomic mass is 9.98. The van der Waals surface area contributed by atoms with Crippen molar-refractivity contribution in [1.82, 2.24) is 4.90 Å². The molecule has 168 valence electrons. The minimum Gasteiger partial charge on any atom is -0.488 e. The number of carbonyl (C=O) groups is 1. The molecule has 0 aliphatic heterocycles. The van der Waals surface area contributed by atoms with Gasteiger partial charge in [-0.15, -0.1) is 0 Å². The van der Waals surface area contributed by atoms with Crippen LogP contribution in [0.3, 0.4) is 0 Å². The van der Waals surface area contributed by atoms with Crippen LogP contribution in [0.2, 0.25) is 0 Å². The Morgan fingerprint density at radius 1 is 1.19 bits per heavy atom. The molecule has 1 amide bonds. The third-order valence-electron chi connectivity index (χ3n) is 4.18. The number of benzene rings is 2. The lowest BCUT2D eigenvalue weighted by molar-refractivity contribution is -0.385. The van der Waals surface area contributed by atoms with E-state index in [-0.39, 0.29) is 36.0 Å². The van der Waals surface area contributed by atoms with E-state index in [1.807, 2.05) is 19.0 Å². The van der Waals surface area contributed by atoms with Crippen LogP contribution in [0.1, 0.15) is 19.4 Å². The summed E-state index contributed by atoms with van der Waals surface area (Å²) in [6.07, 6.45) is -0.830. The van der Waals surface area contributed by atoms with Crippen molar-refractivity contribution in [3.63, 3.8) is 0 Å². The predicted octanol–water partition coefficient (Wildman–Crippen LogP) is 3.88. The summed E-state index contributed by atoms with van der Waals surface area (Å²) in [7, 11) is 3.74. The Hall–Kier alpha value is -3.40. The zero-order valence-corrected chi connectivity index (χ0v) is 17.9. The zero-order chi connectivity index (χ0) is 23.2. The molecule has 0 radical (unpaired) electrons. The number of nitrogens with two attached hydrogens (primary N) is 1. The van der Waals surface area contributed by atoms with Crippen LogP contribution in [0.4, 0.5) is 14.9 Å². The third kappa shape index (κ3) is 7.41. The molecule has 9 nitrogen and oxygen atoms in total. The Morgan fingerprint density at radius 2 is 1.90 bits per heavy atom. The van der Waals surface area contributed by atoms with Crippen molar-refractivity contribution in [3.05, 3.63) is 57.9 Å². The Labute approximate surface area is 179 Å². The van der Waals surface area contributed by atoms with E-state index in [9.17, 15) is 19.3 Å². The minimum absolute atomic E-state index is 0.110. The Kier molecular flexibility index (Phi) is 7.76. The molecule has 0 bridgehead atoms. The molecule has 10 heteroatoms. The fourth-order valence-electron chi connectivity index (χ4n) is 2.77. The van der Waals surface area contributed by atoms with E-state index in [0.717, 1.165) is 0 Å². The molecular formula is C21H26FN3O6. The SMILES string of the molecule is CN(C)CCOc1cc([N+](=O)[O-])ccc1Oc1ccc(CC(C)(C)OC(N)=O)c(F)c1. The molecule has 2 rings (SSSR count). The number of hydrogen-bond acceptors (Lipinski definition) is 7. The van der Waals surface area contributed by atoms with Crippen LogP contribution >= 0.6 is 0 Å². The highest BCUT2D eigenvalue weighted by Gasteiger charge is 2.24. The minimum atomic E-state index is -0.985. The quantitative estimate of drug-likeness (QED) is 0.444. The maximum absolute atomic E-state index is 14.6. The molecule has 0 saturated carbocycles. The first-order valence-corrected chi connectivity index (χ1v) is 9.47. The van der Waals surface area contributed by atoms with Crippen molar-refractivity contribution in [2.24, 2.45) is 5.73 Å². The first kappa shape index (κ1) is 23.9. The summed E-state index contributed by atoms with van der Waals surface area (Å²) < 4.78 is 31.0. The summed E-state index contributed by atoms with van der Waals surface area (Å²) in [5.74, 6) is 0.0160. The van der Waals surface area contributed by atoms with E-state index in [1.54, 1.807) is 19.9 Å². The van der Waals surface area contributed by atoms with Gasteiger partial charge in [0.1, 0.15) is 23.8 Å². The number of carbonyl (C=O) groups excluding carboxylic acids is 1. The summed E-state index contributed by atoms with van der Waals surface area (Å²) >= 11 is 0. The molecule has 0 saturated heterocycles. The molecule has 0 aliphatic rings. The molecule has 0 unspecified atom stereocenters. The normalized spacial score (nSPS) is 11.3. The maximum atomic E-state index is 14.6. The van der Waals surface area contributed by atoms with Crippen LogP contribution < -0.4 is 15.2 Å². The van der Waals surface area contributed by atoms with Crippen molar-refractivity contribution >= 4 is 11.8 Å². The highest BCUT2D eigenvalue weighted by Crippen LogP contribution is 2.35. The van der Waals surface area contributed by atoms with Crippen LogP contribution in [-0.4, -0.2) is 48.8 Å². The van der Waals surface area contributed by atoms with Crippen LogP contribution in [0.15, 0.2) is 36.4 Å². The summed E-state index contributed by atoms with van der Waals surface area (Å²) in [6, 6.07) is 8.18. The average Bonchev–Trinajstić information content (AvgIpc) is 2.63. The second-order valence-electron chi connectivity index (χ2n) is 7.75. The van der Waals surface area contributed by atoms with Gasteiger partial charge in [-0.2, -0.15) is 0 Å². The second-order valence-corrected chi connectivity index (χ2v) is 7.75. The van der Waals surface area contributed by atoms with E-state index in [2.05, 4.69) is 0 Å². The first-order chi connectivity index (χ1) is 14.5. The number of nitro benzene ring substituents is 1. The second kappa shape index (κ2) is 10.1. The molecule has 0 aliphatic carbocycles. The maximum Gasteiger partial charge on any atom is 0.405 e. The van der Waals surface area contributed by atoms with Gasteiger partial charge in [-0.05, 0) is 45.6 Å². The molecule has 2 aromatic rings. The summed E-state index contributed by atoms with van der Waals surface area (Å²) in [5.41, 5.74) is 4.22. The van der Waals surface area contributed by atoms with Gasteiger partial charge in [0.25, 0.3) is 5.69 Å². The molecule has 0 spiro atoms. The highest BCUT2D eigenvalue weighted by atomic mass is 19.1. The lowest BCUT2D eigenvalue weighted by Gasteiger charge is -2.24. The lowest BCUT2D eigenvalue weighted by Crippen LogP contribution is -2.33. The molecule has 0 heterocycles. The zero-order valence-electron chi connectivity index (χ0n) is 17.9. The summed E-state index contributed by atoms with van der Waals surface area (Å²) in [6.45, 7) is 4.12. The fourth-order valence-corrected chi connectivity index (χ4v) is 2.77. The number of likely N-dealkylation sites (N-methyl/N-ethyl adjacent to an activating group) is 1. The number of primary amides is 1. The number of non-ortho nitro benzene ring substituents is 1. The Morgan fingerprint density at radius 3 is 2.48 bits per heavy atom. The molecule has 0 atom stereocenters. The largest absolute Gasteiger partial charge is 0.488 e. The van der Waals surface area contributed by atoms with Crippen LogP contribution in [-0.2, 0) is 11.2 Å². The standard InChI is InChI=1S/C21H26FN3O6/c1-21(2,31-20(23)26)13-14-5-7-16(12-17(14)22)30-18-8-6-15(25(27)28)11-19(18)29-10-9-24(3)4/h5-8,11-12H,9-10,13H2,1-4H3,(H2,23,26). The van der Waals surface area contributed by atoms with Crippen molar-refractivity contribution in [2.75, 3.05) is 27.2 Å². The first-order valence-electron chi connectivity index (χ1n) is 9.47. The van der Waals surface area contributed by atoms with E-state index in [0.29, 0.717) is 12.1 Å². The number of amides is 1. The van der Waals surface area contributed by atoms with Gasteiger partial charge in [0, 0.05) is 25.1 Å². The Balaban J connectivity index is 2.22. The fraction of sp³-hybridized carbons (Fsp3) is 0.381. The number of nitro groups is 1. The topological polar surface area (TPSA) is 117 Å². The van der Waals surface area contributed by atoms with Gasteiger partial charge in [0.2, 0.25) is 0 Å². The van der Waals surface area contributed by atoms with Crippen molar-refractivity contribution in [1.29, 1.82) is 0 Å². The molecule has 2 N–H and O–H groups in total. The van der Waals surface area contributed by atoms with E-state index >= 15 is 0 Å². The molecule has 2 aromatic carbocycles. The van der Waals surface area contributed by atoms with Gasteiger partial charge < -0.3 is 24.8 Å². The van der Waals surface area contributed by atoms with E-state index in [1.165, 1.54) is 30.3 Å². The van der Waals surface area contributed by atoms with Crippen LogP contribution in [0.25, 0.3) is 0 Å². The van der Waals surface area contributed by atoms with Gasteiger partial charge in [-0.1, -0.05) is 6.07 Å². The van der Waals surface area contributed by atoms with Gasteiger partial charge in [-0.3, -0.25) is 10.1 Å². The van der Waals surface area contributed by atoms with E-state index in [4.69, 9.17) is 19.9 Å². The molecule has 0 fully saturated rings. The summed E-state index contributed by atoms with van der Waals surface area (Å²) in [4.78, 5) is 23.4. The molecule has 0 aromatic heterocycles. The third-order valence-corrected chi connectivity index (χ3v) is 4.18. The van der Waals surface area contributed by atoms with Crippen molar-refractivity contribution in [2.45, 2.75) is 25.9 Å². The monoisotopic (exact) mass is 435 g/mol. The molecule has 31 heavy (non-hydrogen) atoms. The Bertz CT molecular complexity index is 949. The number of halogens is 1. The number of ether oxygens (including phenoxy) is 3. The average molecular weight is 435 g/mol. The van der Waals surface area contributed by atoms with Gasteiger partial charge in [-0.25, -0.2) is 9.18 Å². The van der Waals surface area contributed by atoms with E-state index < -0.39 is 22.4 Å². The molecular weight excluding hydrogens is 409 g/mol. The van der Waals surface area contributed by atoms with Crippen LogP contribution in [0, 0.1) is 15.9 Å². The van der Waals surface area contributed by atoms with Crippen molar-refractivity contribution < 1.29 is 28.3 Å². The predicted molar refractivity (Wildman–Crippen MR) is 112 cm³/mol. The van der Waals surface area contributed by atoms with Gasteiger partial charge in [0.15, 0.2) is 11.5 Å². The highest BCUT2D eigenvalue weighted by molar-refractivity contribution is 5.65. The smallest absolute Gasteiger partial charge is 0.405 e. The van der Waals surface area contributed by atoms with Crippen LogP contribution in [0.5, 0.6) is 17.2 Å². The summed E-state index contributed by atoms with van der Waals surface area (Å²) in [5, 5.41) is 11.1. The number of nitrogens with zero attached hydrogens (tertiary/aromatic N) is 2. The number of hydrogen-bond donors (Lipinski definition) is 1. The van der Waals surface area contributed by atoms with Gasteiger partial charge in [0.05, 0.1) is 11.0 Å². The van der Waals surface area contributed by atoms with Crippen molar-refractivity contribution in [3.8, 4) is 17.2 Å². The van der Waals surface area contributed by atoms with Gasteiger partial charge >= 0.3 is 6.09 Å².